The van der Waals surface area contributed by atoms with Crippen molar-refractivity contribution in [2.24, 2.45) is 0 Å². The van der Waals surface area contributed by atoms with Crippen LogP contribution >= 0.6 is 0 Å². The zero-order chi connectivity index (χ0) is 19.9. The van der Waals surface area contributed by atoms with Gasteiger partial charge < -0.3 is 9.64 Å². The largest absolute Gasteiger partial charge is 0.373 e. The van der Waals surface area contributed by atoms with E-state index in [1.807, 2.05) is 42.2 Å². The van der Waals surface area contributed by atoms with E-state index in [0.717, 1.165) is 44.7 Å². The topological polar surface area (TPSA) is 32.8 Å². The lowest BCUT2D eigenvalue weighted by atomic mass is 10.1. The van der Waals surface area contributed by atoms with Crippen molar-refractivity contribution in [2.45, 2.75) is 45.9 Å². The molecule has 2 unspecified atom stereocenters. The molecule has 0 bridgehead atoms. The molecule has 4 nitrogen and oxygen atoms in total. The van der Waals surface area contributed by atoms with Crippen molar-refractivity contribution in [3.8, 4) is 0 Å². The van der Waals surface area contributed by atoms with E-state index in [4.69, 9.17) is 4.74 Å². The molecule has 4 heteroatoms. The summed E-state index contributed by atoms with van der Waals surface area (Å²) >= 11 is 0. The number of rotatable bonds is 7. The van der Waals surface area contributed by atoms with Gasteiger partial charge in [0.15, 0.2) is 0 Å². The molecule has 2 aromatic carbocycles. The molecular formula is C24H32N2O2. The number of hydrogen-bond donors (Lipinski definition) is 0. The lowest BCUT2D eigenvalue weighted by Crippen LogP contribution is -2.44. The van der Waals surface area contributed by atoms with Crippen LogP contribution in [0, 0.1) is 0 Å². The van der Waals surface area contributed by atoms with Gasteiger partial charge in [0.05, 0.1) is 12.2 Å². The van der Waals surface area contributed by atoms with Gasteiger partial charge in [-0.2, -0.15) is 0 Å². The summed E-state index contributed by atoms with van der Waals surface area (Å²) in [5.41, 5.74) is 3.27. The monoisotopic (exact) mass is 380 g/mol. The molecule has 28 heavy (non-hydrogen) atoms. The Morgan fingerprint density at radius 3 is 2.25 bits per heavy atom. The molecule has 0 saturated carbocycles. The number of morpholine rings is 1. The minimum atomic E-state index is 0.110. The molecule has 1 saturated heterocycles. The number of hydrogen-bond acceptors (Lipinski definition) is 3. The second kappa shape index (κ2) is 9.85. The summed E-state index contributed by atoms with van der Waals surface area (Å²) in [5, 5.41) is 0. The highest BCUT2D eigenvalue weighted by molar-refractivity contribution is 5.94. The van der Waals surface area contributed by atoms with Crippen molar-refractivity contribution < 1.29 is 9.53 Å². The van der Waals surface area contributed by atoms with Crippen LogP contribution in [0.25, 0.3) is 0 Å². The number of nitrogens with zero attached hydrogens (tertiary/aromatic N) is 2. The maximum absolute atomic E-state index is 12.9. The van der Waals surface area contributed by atoms with Crippen molar-refractivity contribution in [2.75, 3.05) is 26.2 Å². The smallest absolute Gasteiger partial charge is 0.253 e. The van der Waals surface area contributed by atoms with Crippen LogP contribution in [0.3, 0.4) is 0 Å². The van der Waals surface area contributed by atoms with Crippen molar-refractivity contribution in [1.82, 2.24) is 9.80 Å². The van der Waals surface area contributed by atoms with Crippen LogP contribution in [0.5, 0.6) is 0 Å². The standard InChI is InChI=1S/C24H32N2O2/c1-4-26(15-14-21-8-6-5-7-9-21)24(27)23-12-10-22(11-13-23)18-25-16-19(2)28-20(3)17-25/h5-13,19-20H,4,14-18H2,1-3H3. The molecule has 2 aromatic rings. The molecule has 0 aliphatic carbocycles. The molecule has 0 aromatic heterocycles. The Bertz CT molecular complexity index is 735. The van der Waals surface area contributed by atoms with E-state index >= 15 is 0 Å². The number of benzene rings is 2. The van der Waals surface area contributed by atoms with E-state index in [1.54, 1.807) is 0 Å². The molecule has 1 aliphatic rings. The van der Waals surface area contributed by atoms with Gasteiger partial charge in [0.25, 0.3) is 5.91 Å². The minimum absolute atomic E-state index is 0.110. The van der Waals surface area contributed by atoms with Gasteiger partial charge in [0.1, 0.15) is 0 Å². The maximum Gasteiger partial charge on any atom is 0.253 e. The van der Waals surface area contributed by atoms with E-state index in [-0.39, 0.29) is 18.1 Å². The van der Waals surface area contributed by atoms with Crippen molar-refractivity contribution in [1.29, 1.82) is 0 Å². The fourth-order valence-corrected chi connectivity index (χ4v) is 3.92. The third-order valence-electron chi connectivity index (χ3n) is 5.28. The summed E-state index contributed by atoms with van der Waals surface area (Å²) in [6.07, 6.45) is 1.42. The van der Waals surface area contributed by atoms with Crippen LogP contribution in [0.4, 0.5) is 0 Å². The highest BCUT2D eigenvalue weighted by Gasteiger charge is 2.22. The zero-order valence-electron chi connectivity index (χ0n) is 17.3. The zero-order valence-corrected chi connectivity index (χ0v) is 17.3. The number of amides is 1. The molecule has 1 aliphatic heterocycles. The van der Waals surface area contributed by atoms with E-state index in [2.05, 4.69) is 43.0 Å². The predicted octanol–water partition coefficient (Wildman–Crippen LogP) is 4.00. The Kier molecular flexibility index (Phi) is 7.24. The van der Waals surface area contributed by atoms with E-state index < -0.39 is 0 Å². The van der Waals surface area contributed by atoms with Crippen LogP contribution in [0.2, 0.25) is 0 Å². The van der Waals surface area contributed by atoms with Gasteiger partial charge >= 0.3 is 0 Å². The molecular weight excluding hydrogens is 348 g/mol. The molecule has 0 radical (unpaired) electrons. The predicted molar refractivity (Wildman–Crippen MR) is 113 cm³/mol. The summed E-state index contributed by atoms with van der Waals surface area (Å²) in [6, 6.07) is 18.4. The van der Waals surface area contributed by atoms with E-state index in [9.17, 15) is 4.79 Å². The van der Waals surface area contributed by atoms with Gasteiger partial charge in [-0.25, -0.2) is 0 Å². The quantitative estimate of drug-likeness (QED) is 0.728. The Hall–Kier alpha value is -2.17. The summed E-state index contributed by atoms with van der Waals surface area (Å²) in [7, 11) is 0. The van der Waals surface area contributed by atoms with Gasteiger partial charge in [0, 0.05) is 38.3 Å². The van der Waals surface area contributed by atoms with E-state index in [0.29, 0.717) is 0 Å². The van der Waals surface area contributed by atoms with Crippen LogP contribution in [0.15, 0.2) is 54.6 Å². The average molecular weight is 381 g/mol. The van der Waals surface area contributed by atoms with Crippen LogP contribution in [0.1, 0.15) is 42.3 Å². The third-order valence-corrected chi connectivity index (χ3v) is 5.28. The fourth-order valence-electron chi connectivity index (χ4n) is 3.92. The summed E-state index contributed by atoms with van der Waals surface area (Å²) in [4.78, 5) is 17.2. The maximum atomic E-state index is 12.9. The van der Waals surface area contributed by atoms with Gasteiger partial charge in [0.2, 0.25) is 0 Å². The average Bonchev–Trinajstić information content (AvgIpc) is 2.69. The van der Waals surface area contributed by atoms with Crippen LogP contribution in [-0.4, -0.2) is 54.1 Å². The summed E-state index contributed by atoms with van der Waals surface area (Å²) in [5.74, 6) is 0.110. The Balaban J connectivity index is 1.57. The van der Waals surface area contributed by atoms with Gasteiger partial charge in [-0.1, -0.05) is 42.5 Å². The number of carbonyl (C=O) groups is 1. The first-order valence-electron chi connectivity index (χ1n) is 10.3. The lowest BCUT2D eigenvalue weighted by molar-refractivity contribution is -0.0704. The van der Waals surface area contributed by atoms with Crippen LogP contribution < -0.4 is 0 Å². The van der Waals surface area contributed by atoms with E-state index in [1.165, 1.54) is 11.1 Å². The highest BCUT2D eigenvalue weighted by atomic mass is 16.5. The molecule has 3 rings (SSSR count). The van der Waals surface area contributed by atoms with Crippen molar-refractivity contribution in [3.63, 3.8) is 0 Å². The van der Waals surface area contributed by atoms with Crippen molar-refractivity contribution in [3.05, 3.63) is 71.3 Å². The third kappa shape index (κ3) is 5.66. The lowest BCUT2D eigenvalue weighted by Gasteiger charge is -2.35. The molecule has 2 atom stereocenters. The minimum Gasteiger partial charge on any atom is -0.373 e. The number of ether oxygens (including phenoxy) is 1. The van der Waals surface area contributed by atoms with Gasteiger partial charge in [-0.05, 0) is 50.5 Å². The summed E-state index contributed by atoms with van der Waals surface area (Å²) < 4.78 is 5.81. The normalized spacial score (nSPS) is 20.1. The van der Waals surface area contributed by atoms with Gasteiger partial charge in [-0.15, -0.1) is 0 Å². The number of likely N-dealkylation sites (N-methyl/N-ethyl adjacent to an activating group) is 1. The molecule has 1 fully saturated rings. The second-order valence-electron chi connectivity index (χ2n) is 7.77. The Labute approximate surface area is 169 Å². The van der Waals surface area contributed by atoms with Crippen LogP contribution in [-0.2, 0) is 17.7 Å². The molecule has 150 valence electrons. The Morgan fingerprint density at radius 1 is 1.00 bits per heavy atom. The fraction of sp³-hybridized carbons (Fsp3) is 0.458. The first kappa shape index (κ1) is 20.6. The molecule has 1 amide bonds. The summed E-state index contributed by atoms with van der Waals surface area (Å²) in [6.45, 7) is 10.6. The SMILES string of the molecule is CCN(CCc1ccccc1)C(=O)c1ccc(CN2CC(C)OC(C)C2)cc1. The second-order valence-corrected chi connectivity index (χ2v) is 7.77. The highest BCUT2D eigenvalue weighted by Crippen LogP contribution is 2.15. The van der Waals surface area contributed by atoms with Gasteiger partial charge in [-0.3, -0.25) is 9.69 Å². The first-order valence-corrected chi connectivity index (χ1v) is 10.3. The number of carbonyl (C=O) groups excluding carboxylic acids is 1. The van der Waals surface area contributed by atoms with Crippen molar-refractivity contribution >= 4 is 5.91 Å². The molecule has 1 heterocycles. The molecule has 0 spiro atoms. The first-order chi connectivity index (χ1) is 13.5. The molecule has 0 N–H and O–H groups in total. The Morgan fingerprint density at radius 2 is 1.64 bits per heavy atom.